The molecule has 2 saturated heterocycles. The van der Waals surface area contributed by atoms with Crippen molar-refractivity contribution in [3.63, 3.8) is 0 Å². The smallest absolute Gasteiger partial charge is 0.252 e. The van der Waals surface area contributed by atoms with Crippen LogP contribution in [0.15, 0.2) is 60.7 Å². The van der Waals surface area contributed by atoms with Gasteiger partial charge in [0.2, 0.25) is 11.8 Å². The fourth-order valence-corrected chi connectivity index (χ4v) is 8.35. The van der Waals surface area contributed by atoms with E-state index in [-0.39, 0.29) is 50.6 Å². The van der Waals surface area contributed by atoms with Gasteiger partial charge in [-0.25, -0.2) is 4.39 Å². The molecule has 2 fully saturated rings. The molecule has 0 aliphatic carbocycles. The number of ether oxygens (including phenoxy) is 2. The van der Waals surface area contributed by atoms with E-state index in [0.29, 0.717) is 56.7 Å². The fraction of sp³-hybridized carbons (Fsp3) is 0.593. The van der Waals surface area contributed by atoms with Crippen molar-refractivity contribution in [1.82, 2.24) is 30.6 Å². The van der Waals surface area contributed by atoms with Crippen molar-refractivity contribution < 1.29 is 63.7 Å². The number of nitrogens with one attached hydrogen (secondary N) is 3. The van der Waals surface area contributed by atoms with E-state index < -0.39 is 78.5 Å². The molecule has 0 spiro atoms. The lowest BCUT2D eigenvalue weighted by Gasteiger charge is -2.29. The third-order valence-corrected chi connectivity index (χ3v) is 13.4. The fourth-order valence-electron chi connectivity index (χ4n) is 8.35. The van der Waals surface area contributed by atoms with Crippen LogP contribution in [0, 0.1) is 29.0 Å². The van der Waals surface area contributed by atoms with E-state index in [1.165, 1.54) is 49.5 Å². The van der Waals surface area contributed by atoms with Gasteiger partial charge in [0.15, 0.2) is 18.0 Å². The number of carbonyl (C=O) groups is 4. The molecule has 12 atom stereocenters. The average molecular weight is 1060 g/mol. The summed E-state index contributed by atoms with van der Waals surface area (Å²) < 4.78 is 23.9. The average Bonchev–Trinajstić information content (AvgIpc) is 3.56. The third-order valence-electron chi connectivity index (χ3n) is 13.4. The summed E-state index contributed by atoms with van der Waals surface area (Å²) in [5.74, 6) is -2.04. The number of nitrogens with two attached hydrogens (primary N) is 1. The number of aliphatic hydroxyl groups is 6. The number of fused-ring (bicyclic) bond motifs is 1. The molecule has 21 heteroatoms. The maximum atomic E-state index is 13.7. The first kappa shape index (κ1) is 65.3. The van der Waals surface area contributed by atoms with Crippen LogP contribution in [0.3, 0.4) is 0 Å². The first-order chi connectivity index (χ1) is 34.8. The highest BCUT2D eigenvalue weighted by Gasteiger charge is 2.39. The number of hydrogen-bond acceptors (Lipinski definition) is 15. The number of anilines is 1. The Kier molecular flexibility index (Phi) is 27.8. The number of halogens is 1. The van der Waals surface area contributed by atoms with Crippen LogP contribution in [0.1, 0.15) is 111 Å². The van der Waals surface area contributed by atoms with Crippen molar-refractivity contribution >= 4 is 40.3 Å². The maximum absolute atomic E-state index is 13.7. The highest BCUT2D eigenvalue weighted by atomic mass is 19.1. The van der Waals surface area contributed by atoms with Crippen molar-refractivity contribution in [3.05, 3.63) is 83.2 Å². The van der Waals surface area contributed by atoms with Gasteiger partial charge in [-0.2, -0.15) is 10.4 Å². The first-order valence-electron chi connectivity index (χ1n) is 24.9. The van der Waals surface area contributed by atoms with Crippen LogP contribution >= 0.6 is 0 Å². The summed E-state index contributed by atoms with van der Waals surface area (Å²) >= 11 is 0. The molecule has 0 bridgehead atoms. The largest absolute Gasteiger partial charge is 0.387 e. The standard InChI is InChI=1S/C26H36FN3O6.C26H39N5O6.2CH4/c1-4-16(2)8-11-21(31)22(32)23(33)24(36-3)25(34)29-20-7-5-6-12-30(26(20)35)15-17-9-10-19(27)18(13-17)14-28;1-4-15(2)8-11-20(32)21(33)22(34)23(37-3)25(35)28-19-7-5-6-12-31(26(19)36)14-16-9-10-18-17(13-16)24(27)30-29-18;;/h8-11,13,16,20-24,31-33H,4-7,12,15H2,1-3H3,(H,29,34);8-11,13,15,19-23,32-34H,4-7,12,14H2,1-3H3,(H,28,35)(H3,27,29,30);2*1H4/b2*11-8+;;/t16?,20-,21+,22-,23+,24+;15?,19-,20+,21-,22+,23+;;/m00../s1. The summed E-state index contributed by atoms with van der Waals surface area (Å²) in [6.07, 6.45) is -1.04. The number of aromatic amines is 1. The Labute approximate surface area is 440 Å². The zero-order valence-electron chi connectivity index (χ0n) is 42.6. The summed E-state index contributed by atoms with van der Waals surface area (Å²) in [5, 5.41) is 84.3. The van der Waals surface area contributed by atoms with Gasteiger partial charge < -0.3 is 66.3 Å². The van der Waals surface area contributed by atoms with Gasteiger partial charge in [-0.15, -0.1) is 0 Å². The van der Waals surface area contributed by atoms with E-state index in [1.807, 2.05) is 45.9 Å². The van der Waals surface area contributed by atoms with Crippen molar-refractivity contribution in [2.75, 3.05) is 33.0 Å². The number of carbonyl (C=O) groups excluding carboxylic acids is 4. The Balaban J connectivity index is 0.000000500. The minimum atomic E-state index is -1.74. The second-order valence-electron chi connectivity index (χ2n) is 18.8. The molecule has 5 rings (SSSR count). The van der Waals surface area contributed by atoms with Crippen LogP contribution in [-0.4, -0.2) is 162 Å². The minimum Gasteiger partial charge on any atom is -0.387 e. The van der Waals surface area contributed by atoms with Crippen LogP contribution in [0.2, 0.25) is 0 Å². The molecule has 3 aromatic rings. The predicted octanol–water partition coefficient (Wildman–Crippen LogP) is 3.51. The van der Waals surface area contributed by atoms with Crippen molar-refractivity contribution in [2.24, 2.45) is 11.8 Å². The Morgan fingerprint density at radius 1 is 0.760 bits per heavy atom. The van der Waals surface area contributed by atoms with E-state index in [1.54, 1.807) is 23.1 Å². The normalized spacial score (nSPS) is 20.3. The molecule has 4 amide bonds. The van der Waals surface area contributed by atoms with E-state index in [9.17, 15) is 54.2 Å². The number of nitrogens with zero attached hydrogens (tertiary/aromatic N) is 4. The Morgan fingerprint density at radius 2 is 1.20 bits per heavy atom. The number of aliphatic hydroxyl groups excluding tert-OH is 6. The Morgan fingerprint density at radius 3 is 1.63 bits per heavy atom. The lowest BCUT2D eigenvalue weighted by atomic mass is 9.99. The molecule has 11 N–H and O–H groups in total. The van der Waals surface area contributed by atoms with Crippen molar-refractivity contribution in [1.29, 1.82) is 5.26 Å². The minimum absolute atomic E-state index is 0. The molecule has 2 aliphatic rings. The number of allylic oxidation sites excluding steroid dienone is 2. The first-order valence-corrected chi connectivity index (χ1v) is 24.9. The van der Waals surface area contributed by atoms with Crippen LogP contribution in [0.25, 0.3) is 10.9 Å². The molecular weight excluding hydrogens is 972 g/mol. The van der Waals surface area contributed by atoms with E-state index in [4.69, 9.17) is 20.5 Å². The molecule has 0 saturated carbocycles. The summed E-state index contributed by atoms with van der Waals surface area (Å²) in [7, 11) is 2.41. The van der Waals surface area contributed by atoms with Crippen molar-refractivity contribution in [3.8, 4) is 6.07 Å². The number of rotatable bonds is 22. The van der Waals surface area contributed by atoms with Crippen LogP contribution in [0.4, 0.5) is 10.2 Å². The Bertz CT molecular complexity index is 2380. The second-order valence-corrected chi connectivity index (χ2v) is 18.8. The van der Waals surface area contributed by atoms with Crippen LogP contribution in [0.5, 0.6) is 0 Å². The quantitative estimate of drug-likeness (QED) is 0.0644. The Hall–Kier alpha value is -5.83. The number of nitriles is 1. The maximum Gasteiger partial charge on any atom is 0.252 e. The lowest BCUT2D eigenvalue weighted by Crippen LogP contribution is -2.55. The zero-order chi connectivity index (χ0) is 53.9. The summed E-state index contributed by atoms with van der Waals surface area (Å²) in [6, 6.07) is 9.78. The molecule has 75 heavy (non-hydrogen) atoms. The molecule has 20 nitrogen and oxygen atoms in total. The number of nitrogen functional groups attached to an aromatic ring is 1. The molecule has 2 aromatic carbocycles. The summed E-state index contributed by atoms with van der Waals surface area (Å²) in [4.78, 5) is 55.6. The van der Waals surface area contributed by atoms with Crippen molar-refractivity contribution in [2.45, 2.75) is 168 Å². The van der Waals surface area contributed by atoms with Gasteiger partial charge in [-0.3, -0.25) is 24.3 Å². The number of aromatic nitrogens is 2. The number of amides is 4. The van der Waals surface area contributed by atoms with Gasteiger partial charge in [0.1, 0.15) is 60.6 Å². The van der Waals surface area contributed by atoms with Gasteiger partial charge in [0.25, 0.3) is 11.8 Å². The van der Waals surface area contributed by atoms with Gasteiger partial charge >= 0.3 is 0 Å². The number of likely N-dealkylation sites (tertiary alicyclic amines) is 2. The van der Waals surface area contributed by atoms with E-state index in [2.05, 4.69) is 20.8 Å². The predicted molar refractivity (Wildman–Crippen MR) is 282 cm³/mol. The molecule has 1 aromatic heterocycles. The highest BCUT2D eigenvalue weighted by Crippen LogP contribution is 2.23. The summed E-state index contributed by atoms with van der Waals surface area (Å²) in [5.41, 5.74) is 8.07. The highest BCUT2D eigenvalue weighted by molar-refractivity contribution is 5.91. The number of benzene rings is 2. The number of H-pyrrole nitrogens is 1. The molecule has 418 valence electrons. The zero-order valence-corrected chi connectivity index (χ0v) is 42.6. The topological polar surface area (TPSA) is 317 Å². The van der Waals surface area contributed by atoms with Crippen LogP contribution < -0.4 is 16.4 Å². The lowest BCUT2D eigenvalue weighted by molar-refractivity contribution is -0.152. The molecule has 2 unspecified atom stereocenters. The second kappa shape index (κ2) is 31.9. The molecule has 0 radical (unpaired) electrons. The van der Waals surface area contributed by atoms with Crippen LogP contribution in [-0.2, 0) is 41.7 Å². The van der Waals surface area contributed by atoms with E-state index >= 15 is 0 Å². The van der Waals surface area contributed by atoms with Gasteiger partial charge in [0.05, 0.1) is 11.1 Å². The molecule has 3 heterocycles. The van der Waals surface area contributed by atoms with Gasteiger partial charge in [0, 0.05) is 45.8 Å². The monoisotopic (exact) mass is 1050 g/mol. The number of methoxy groups -OCH3 is 2. The molecule has 2 aliphatic heterocycles. The number of hydrogen-bond donors (Lipinski definition) is 10. The summed E-state index contributed by atoms with van der Waals surface area (Å²) in [6.45, 7) is 9.29. The van der Waals surface area contributed by atoms with E-state index in [0.717, 1.165) is 42.1 Å². The van der Waals surface area contributed by atoms with Gasteiger partial charge in [-0.1, -0.05) is 91.8 Å². The van der Waals surface area contributed by atoms with Gasteiger partial charge in [-0.05, 0) is 85.8 Å². The SMILES string of the molecule is C.C.CCC(C)/C=C/[C@@H](O)[C@H](O)[C@@H](O)[C@@H](OC)C(=O)N[C@H]1CCCCN(Cc2ccc(F)c(C#N)c2)C1=O.CCC(C)/C=C/[C@@H](O)[C@H](O)[C@@H](O)[C@@H](OC)C(=O)N[C@H]1CCCCN(Cc2ccc3[nH]nc(N)c3c2)C1=O. The molecular formula is C54H83FN8O12. The third kappa shape index (κ3) is 18.5.